The molecule has 12 heavy (non-hydrogen) atoms. The van der Waals surface area contributed by atoms with Crippen molar-refractivity contribution >= 4 is 33.0 Å². The van der Waals surface area contributed by atoms with E-state index in [0.717, 1.165) is 0 Å². The van der Waals surface area contributed by atoms with Crippen molar-refractivity contribution in [3.63, 3.8) is 0 Å². The highest BCUT2D eigenvalue weighted by atomic mass is 35.5. The molecule has 1 aliphatic rings. The molecule has 0 amide bonds. The van der Waals surface area contributed by atoms with Crippen LogP contribution in [0.15, 0.2) is 0 Å². The summed E-state index contributed by atoms with van der Waals surface area (Å²) in [7, 11) is -5.17. The summed E-state index contributed by atoms with van der Waals surface area (Å²) < 4.78 is 56.4. The van der Waals surface area contributed by atoms with Crippen LogP contribution in [0.2, 0.25) is 0 Å². The van der Waals surface area contributed by atoms with Crippen LogP contribution >= 0.6 is 23.2 Å². The van der Waals surface area contributed by atoms with Gasteiger partial charge in [-0.2, -0.15) is 13.2 Å². The van der Waals surface area contributed by atoms with Gasteiger partial charge < -0.3 is 0 Å². The highest BCUT2D eigenvalue weighted by molar-refractivity contribution is 7.93. The van der Waals surface area contributed by atoms with E-state index in [0.29, 0.717) is 0 Å². The van der Waals surface area contributed by atoms with E-state index in [1.54, 1.807) is 0 Å². The van der Waals surface area contributed by atoms with Gasteiger partial charge in [0.05, 0.1) is 10.8 Å². The molecule has 1 saturated carbocycles. The molecule has 0 spiro atoms. The fourth-order valence-corrected chi connectivity index (χ4v) is 3.47. The number of sulfone groups is 1. The van der Waals surface area contributed by atoms with E-state index in [2.05, 4.69) is 0 Å². The third-order valence-electron chi connectivity index (χ3n) is 1.47. The summed E-state index contributed by atoms with van der Waals surface area (Å²) in [5.74, 6) is 0. The van der Waals surface area contributed by atoms with Crippen LogP contribution in [0, 0.1) is 0 Å². The van der Waals surface area contributed by atoms with Gasteiger partial charge in [-0.1, -0.05) is 0 Å². The Balaban J connectivity index is 2.91. The molecule has 0 aliphatic heterocycles. The van der Waals surface area contributed by atoms with Crippen LogP contribution in [0.5, 0.6) is 0 Å². The Bertz CT molecular complexity index is 277. The number of hydrogen-bond acceptors (Lipinski definition) is 2. The minimum Gasteiger partial charge on any atom is -0.219 e. The lowest BCUT2D eigenvalue weighted by Crippen LogP contribution is -2.28. The summed E-state index contributed by atoms with van der Waals surface area (Å²) in [6.45, 7) is 0. The maximum atomic E-state index is 11.8. The minimum absolute atomic E-state index is 1.13. The second-order valence-corrected chi connectivity index (χ2v) is 5.45. The van der Waals surface area contributed by atoms with Gasteiger partial charge in [0.25, 0.3) is 9.84 Å². The Hall–Kier alpha value is 0.320. The van der Waals surface area contributed by atoms with Gasteiger partial charge in [-0.3, -0.25) is 0 Å². The van der Waals surface area contributed by atoms with Crippen LogP contribution in [0.1, 0.15) is 0 Å². The molecule has 0 aromatic carbocycles. The van der Waals surface area contributed by atoms with Gasteiger partial charge in [0.2, 0.25) is 0 Å². The van der Waals surface area contributed by atoms with Crippen molar-refractivity contribution in [2.24, 2.45) is 0 Å². The van der Waals surface area contributed by atoms with Crippen LogP contribution in [0.25, 0.3) is 0 Å². The van der Waals surface area contributed by atoms with Gasteiger partial charge in [0, 0.05) is 0 Å². The zero-order valence-electron chi connectivity index (χ0n) is 5.35. The third-order valence-corrected chi connectivity index (χ3v) is 4.93. The van der Waals surface area contributed by atoms with Crippen LogP contribution < -0.4 is 0 Å². The molecule has 2 nitrogen and oxygen atoms in total. The largest absolute Gasteiger partial charge is 0.497 e. The molecule has 1 rings (SSSR count). The third kappa shape index (κ3) is 1.40. The standard InChI is InChI=1S/C4H3Cl2F3O2S/c5-1-2(6)3(1)12(10,11)4(7,8)9/h1-3H. The first kappa shape index (κ1) is 10.4. The zero-order valence-corrected chi connectivity index (χ0v) is 7.67. The number of rotatable bonds is 1. The molecule has 0 saturated heterocycles. The van der Waals surface area contributed by atoms with Gasteiger partial charge in [0.15, 0.2) is 0 Å². The van der Waals surface area contributed by atoms with Crippen molar-refractivity contribution in [1.82, 2.24) is 0 Å². The highest BCUT2D eigenvalue weighted by Crippen LogP contribution is 2.45. The van der Waals surface area contributed by atoms with Gasteiger partial charge in [-0.25, -0.2) is 8.42 Å². The van der Waals surface area contributed by atoms with Crippen LogP contribution in [-0.2, 0) is 9.84 Å². The lowest BCUT2D eigenvalue weighted by Gasteiger charge is -2.05. The van der Waals surface area contributed by atoms with E-state index in [1.165, 1.54) is 0 Å². The number of hydrogen-bond donors (Lipinski definition) is 0. The first-order valence-electron chi connectivity index (χ1n) is 2.78. The maximum absolute atomic E-state index is 11.8. The molecule has 2 unspecified atom stereocenters. The smallest absolute Gasteiger partial charge is 0.219 e. The predicted molar refractivity (Wildman–Crippen MR) is 38.0 cm³/mol. The van der Waals surface area contributed by atoms with Crippen molar-refractivity contribution in [1.29, 1.82) is 0 Å². The fraction of sp³-hybridized carbons (Fsp3) is 1.00. The number of alkyl halides is 5. The van der Waals surface area contributed by atoms with E-state index >= 15 is 0 Å². The maximum Gasteiger partial charge on any atom is 0.497 e. The average molecular weight is 243 g/mol. The van der Waals surface area contributed by atoms with Crippen LogP contribution in [-0.4, -0.2) is 29.9 Å². The van der Waals surface area contributed by atoms with Gasteiger partial charge >= 0.3 is 5.51 Å². The molecule has 0 heterocycles. The van der Waals surface area contributed by atoms with E-state index in [9.17, 15) is 21.6 Å². The Morgan fingerprint density at radius 1 is 1.08 bits per heavy atom. The summed E-state index contributed by atoms with van der Waals surface area (Å²) in [6.07, 6.45) is 0. The molecular formula is C4H3Cl2F3O2S. The minimum atomic E-state index is -5.26. The molecule has 2 atom stereocenters. The lowest BCUT2D eigenvalue weighted by atomic mass is 11.0. The molecule has 1 fully saturated rings. The topological polar surface area (TPSA) is 34.1 Å². The van der Waals surface area contributed by atoms with Crippen LogP contribution in [0.3, 0.4) is 0 Å². The summed E-state index contributed by atoms with van der Waals surface area (Å²) in [5, 5.41) is -3.93. The molecular weight excluding hydrogens is 240 g/mol. The average Bonchev–Trinajstić information content (AvgIpc) is 2.38. The van der Waals surface area contributed by atoms with Crippen molar-refractivity contribution < 1.29 is 21.6 Å². The molecule has 0 aromatic heterocycles. The highest BCUT2D eigenvalue weighted by Gasteiger charge is 2.65. The second kappa shape index (κ2) is 2.65. The quantitative estimate of drug-likeness (QED) is 0.654. The van der Waals surface area contributed by atoms with Crippen molar-refractivity contribution in [2.75, 3.05) is 0 Å². The van der Waals surface area contributed by atoms with Crippen molar-refractivity contribution in [3.05, 3.63) is 0 Å². The molecule has 0 N–H and O–H groups in total. The molecule has 0 aromatic rings. The van der Waals surface area contributed by atoms with Gasteiger partial charge in [-0.05, 0) is 0 Å². The van der Waals surface area contributed by atoms with E-state index in [4.69, 9.17) is 23.2 Å². The van der Waals surface area contributed by atoms with E-state index in [1.807, 2.05) is 0 Å². The summed E-state index contributed by atoms with van der Waals surface area (Å²) in [4.78, 5) is 0. The summed E-state index contributed by atoms with van der Waals surface area (Å²) in [6, 6.07) is 0. The lowest BCUT2D eigenvalue weighted by molar-refractivity contribution is -0.0437. The Morgan fingerprint density at radius 3 is 1.50 bits per heavy atom. The normalized spacial score (nSPS) is 36.6. The first-order valence-corrected chi connectivity index (χ1v) is 5.20. The van der Waals surface area contributed by atoms with Crippen LogP contribution in [0.4, 0.5) is 13.2 Å². The number of halogens is 5. The zero-order chi connectivity index (χ0) is 9.73. The monoisotopic (exact) mass is 242 g/mol. The Labute approximate surface area is 76.6 Å². The molecule has 0 radical (unpaired) electrons. The van der Waals surface area contributed by atoms with Gasteiger partial charge in [-0.15, -0.1) is 23.2 Å². The van der Waals surface area contributed by atoms with E-state index < -0.39 is 31.3 Å². The first-order chi connectivity index (χ1) is 5.19. The SMILES string of the molecule is O=S(=O)(C1C(Cl)C1Cl)C(F)(F)F. The summed E-state index contributed by atoms with van der Waals surface area (Å²) >= 11 is 10.4. The summed E-state index contributed by atoms with van der Waals surface area (Å²) in [5.41, 5.74) is -5.26. The molecule has 72 valence electrons. The Kier molecular flexibility index (Phi) is 2.30. The Morgan fingerprint density at radius 2 is 1.42 bits per heavy atom. The van der Waals surface area contributed by atoms with Crippen molar-refractivity contribution in [3.8, 4) is 0 Å². The van der Waals surface area contributed by atoms with Crippen molar-refractivity contribution in [2.45, 2.75) is 21.5 Å². The van der Waals surface area contributed by atoms with E-state index in [-0.39, 0.29) is 0 Å². The molecule has 0 bridgehead atoms. The second-order valence-electron chi connectivity index (χ2n) is 2.34. The molecule has 8 heteroatoms. The predicted octanol–water partition coefficient (Wildman–Crippen LogP) is 1.52. The van der Waals surface area contributed by atoms with Gasteiger partial charge in [0.1, 0.15) is 5.25 Å². The molecule has 1 aliphatic carbocycles. The fourth-order valence-electron chi connectivity index (χ4n) is 0.713.